The summed E-state index contributed by atoms with van der Waals surface area (Å²) in [4.78, 5) is 13.0. The maximum absolute atomic E-state index is 13.0. The molecule has 0 saturated carbocycles. The zero-order valence-electron chi connectivity index (χ0n) is 41.7. The molecule has 6 N–H and O–H groups in total. The molecule has 1 amide bonds. The van der Waals surface area contributed by atoms with Crippen LogP contribution in [0.3, 0.4) is 0 Å². The van der Waals surface area contributed by atoms with Crippen LogP contribution in [-0.2, 0) is 14.3 Å². The van der Waals surface area contributed by atoms with Gasteiger partial charge in [0.15, 0.2) is 6.29 Å². The van der Waals surface area contributed by atoms with E-state index >= 15 is 0 Å². The van der Waals surface area contributed by atoms with E-state index in [9.17, 15) is 30.3 Å². The van der Waals surface area contributed by atoms with E-state index < -0.39 is 49.5 Å². The van der Waals surface area contributed by atoms with Gasteiger partial charge in [0.2, 0.25) is 5.91 Å². The molecule has 1 aliphatic rings. The number of aliphatic hydroxyl groups is 5. The van der Waals surface area contributed by atoms with Gasteiger partial charge in [-0.15, -0.1) is 0 Å². The average Bonchev–Trinajstić information content (AvgIpc) is 3.31. The van der Waals surface area contributed by atoms with Crippen LogP contribution in [-0.4, -0.2) is 87.5 Å². The van der Waals surface area contributed by atoms with Gasteiger partial charge in [-0.1, -0.05) is 216 Å². The molecule has 1 rings (SSSR count). The lowest BCUT2D eigenvalue weighted by atomic mass is 9.99. The third-order valence-corrected chi connectivity index (χ3v) is 12.6. The van der Waals surface area contributed by atoms with E-state index in [1.807, 2.05) is 6.08 Å². The Labute approximate surface area is 398 Å². The van der Waals surface area contributed by atoms with Crippen molar-refractivity contribution in [3.8, 4) is 0 Å². The van der Waals surface area contributed by atoms with Crippen LogP contribution in [0.4, 0.5) is 0 Å². The predicted molar refractivity (Wildman–Crippen MR) is 272 cm³/mol. The summed E-state index contributed by atoms with van der Waals surface area (Å²) in [5.41, 5.74) is 0. The Morgan fingerprint density at radius 2 is 0.923 bits per heavy atom. The maximum atomic E-state index is 13.0. The molecule has 0 aromatic rings. The van der Waals surface area contributed by atoms with Crippen molar-refractivity contribution in [1.82, 2.24) is 5.32 Å². The molecule has 0 aromatic carbocycles. The molecule has 0 spiro atoms. The van der Waals surface area contributed by atoms with E-state index in [0.717, 1.165) is 51.4 Å². The fourth-order valence-electron chi connectivity index (χ4n) is 8.24. The maximum Gasteiger partial charge on any atom is 0.220 e. The summed E-state index contributed by atoms with van der Waals surface area (Å²) in [5, 5.41) is 54.1. The molecule has 9 nitrogen and oxygen atoms in total. The van der Waals surface area contributed by atoms with E-state index in [1.165, 1.54) is 161 Å². The van der Waals surface area contributed by atoms with E-state index in [-0.39, 0.29) is 12.5 Å². The Hall–Kier alpha value is -2.11. The van der Waals surface area contributed by atoms with Crippen molar-refractivity contribution in [1.29, 1.82) is 0 Å². The Balaban J connectivity index is 2.09. The summed E-state index contributed by atoms with van der Waals surface area (Å²) in [6.07, 6.45) is 54.6. The highest BCUT2D eigenvalue weighted by molar-refractivity contribution is 5.76. The fourth-order valence-corrected chi connectivity index (χ4v) is 8.24. The number of carbonyl (C=O) groups is 1. The standard InChI is InChI=1S/C56H101NO8/c1-3-5-7-9-11-13-14-15-16-17-18-19-20-21-22-23-24-25-26-27-28-29-30-31-32-33-34-35-36-38-40-42-44-46-52(60)57-49(50(59)45-43-41-39-37-12-10-8-6-4-2)48-64-56-55(63)54(62)53(61)51(47-58)65-56/h12,14-15,17-18,20-21,37,43,45,49-51,53-56,58-59,61-63H,3-11,13,16,19,22-36,38-42,44,46-48H2,1-2H3,(H,57,60)/b15-14-,18-17-,21-20-,37-12+,45-43+. The van der Waals surface area contributed by atoms with E-state index in [0.29, 0.717) is 6.42 Å². The topological polar surface area (TPSA) is 149 Å². The summed E-state index contributed by atoms with van der Waals surface area (Å²) in [6, 6.07) is -0.820. The van der Waals surface area contributed by atoms with E-state index in [1.54, 1.807) is 6.08 Å². The van der Waals surface area contributed by atoms with Crippen LogP contribution in [0.25, 0.3) is 0 Å². The van der Waals surface area contributed by atoms with Crippen LogP contribution in [0.1, 0.15) is 232 Å². The zero-order chi connectivity index (χ0) is 47.3. The molecular weight excluding hydrogens is 815 g/mol. The molecule has 378 valence electrons. The van der Waals surface area contributed by atoms with Gasteiger partial charge in [0.1, 0.15) is 24.4 Å². The summed E-state index contributed by atoms with van der Waals surface area (Å²) in [7, 11) is 0. The summed E-state index contributed by atoms with van der Waals surface area (Å²) in [6.45, 7) is 3.69. The molecule has 1 fully saturated rings. The number of nitrogens with one attached hydrogen (secondary N) is 1. The molecule has 7 unspecified atom stereocenters. The van der Waals surface area contributed by atoms with Crippen LogP contribution in [0.15, 0.2) is 60.8 Å². The first-order valence-corrected chi connectivity index (χ1v) is 27.0. The zero-order valence-corrected chi connectivity index (χ0v) is 41.7. The minimum atomic E-state index is -1.57. The molecular formula is C56H101NO8. The average molecular weight is 916 g/mol. The van der Waals surface area contributed by atoms with E-state index in [4.69, 9.17) is 9.47 Å². The molecule has 0 bridgehead atoms. The Morgan fingerprint density at radius 3 is 1.43 bits per heavy atom. The van der Waals surface area contributed by atoms with Crippen LogP contribution in [0.5, 0.6) is 0 Å². The van der Waals surface area contributed by atoms with Gasteiger partial charge in [-0.25, -0.2) is 0 Å². The number of hydrogen-bond acceptors (Lipinski definition) is 8. The molecule has 1 aliphatic heterocycles. The highest BCUT2D eigenvalue weighted by Gasteiger charge is 2.44. The molecule has 1 heterocycles. The van der Waals surface area contributed by atoms with Gasteiger partial charge in [0, 0.05) is 6.42 Å². The van der Waals surface area contributed by atoms with Crippen molar-refractivity contribution in [2.75, 3.05) is 13.2 Å². The number of amides is 1. The third kappa shape index (κ3) is 35.7. The van der Waals surface area contributed by atoms with Crippen LogP contribution in [0.2, 0.25) is 0 Å². The second-order valence-corrected chi connectivity index (χ2v) is 18.7. The molecule has 0 aromatic heterocycles. The van der Waals surface area contributed by atoms with Crippen molar-refractivity contribution >= 4 is 5.91 Å². The van der Waals surface area contributed by atoms with Crippen molar-refractivity contribution in [2.24, 2.45) is 0 Å². The van der Waals surface area contributed by atoms with Crippen LogP contribution < -0.4 is 5.32 Å². The molecule has 7 atom stereocenters. The second kappa shape index (κ2) is 45.7. The number of ether oxygens (including phenoxy) is 2. The highest BCUT2D eigenvalue weighted by atomic mass is 16.7. The van der Waals surface area contributed by atoms with Crippen molar-refractivity contribution in [3.63, 3.8) is 0 Å². The number of rotatable bonds is 45. The van der Waals surface area contributed by atoms with Crippen LogP contribution >= 0.6 is 0 Å². The smallest absolute Gasteiger partial charge is 0.220 e. The minimum absolute atomic E-state index is 0.189. The Kier molecular flexibility index (Phi) is 42.8. The molecule has 9 heteroatoms. The first-order chi connectivity index (χ1) is 31.8. The van der Waals surface area contributed by atoms with E-state index in [2.05, 4.69) is 67.8 Å². The number of carbonyl (C=O) groups excluding carboxylic acids is 1. The van der Waals surface area contributed by atoms with Gasteiger partial charge in [0.05, 0.1) is 25.4 Å². The third-order valence-electron chi connectivity index (χ3n) is 12.6. The Bertz CT molecular complexity index is 1200. The lowest BCUT2D eigenvalue weighted by molar-refractivity contribution is -0.302. The van der Waals surface area contributed by atoms with Crippen LogP contribution in [0, 0.1) is 0 Å². The fraction of sp³-hybridized carbons (Fsp3) is 0.804. The Morgan fingerprint density at radius 1 is 0.523 bits per heavy atom. The second-order valence-electron chi connectivity index (χ2n) is 18.7. The number of hydrogen-bond donors (Lipinski definition) is 6. The number of allylic oxidation sites excluding steroid dienone is 9. The first kappa shape index (κ1) is 60.9. The lowest BCUT2D eigenvalue weighted by Gasteiger charge is -2.40. The normalized spacial score (nSPS) is 20.4. The van der Waals surface area contributed by atoms with Gasteiger partial charge in [-0.3, -0.25) is 4.79 Å². The highest BCUT2D eigenvalue weighted by Crippen LogP contribution is 2.23. The van der Waals surface area contributed by atoms with Gasteiger partial charge < -0.3 is 40.3 Å². The summed E-state index contributed by atoms with van der Waals surface area (Å²) >= 11 is 0. The van der Waals surface area contributed by atoms with Gasteiger partial charge in [0.25, 0.3) is 0 Å². The molecule has 0 radical (unpaired) electrons. The minimum Gasteiger partial charge on any atom is -0.394 e. The first-order valence-electron chi connectivity index (χ1n) is 27.0. The van der Waals surface area contributed by atoms with Gasteiger partial charge in [-0.2, -0.15) is 0 Å². The molecule has 0 aliphatic carbocycles. The number of aliphatic hydroxyl groups excluding tert-OH is 5. The van der Waals surface area contributed by atoms with Gasteiger partial charge in [-0.05, 0) is 70.6 Å². The summed E-state index contributed by atoms with van der Waals surface area (Å²) in [5.74, 6) is -0.189. The SMILES string of the molecule is CCCCC/C=C/CC/C=C/C(O)C(COC1OC(CO)C(O)C(O)C1O)NC(=O)CCCCCCCCCCCCCCCCCCCC/C=C\C/C=C\C/C=C\CCCCCCC. The quantitative estimate of drug-likeness (QED) is 0.0261. The van der Waals surface area contributed by atoms with Crippen molar-refractivity contribution < 1.29 is 39.8 Å². The predicted octanol–water partition coefficient (Wildman–Crippen LogP) is 12.7. The lowest BCUT2D eigenvalue weighted by Crippen LogP contribution is -2.60. The largest absolute Gasteiger partial charge is 0.394 e. The summed E-state index contributed by atoms with van der Waals surface area (Å²) < 4.78 is 11.2. The molecule has 1 saturated heterocycles. The number of unbranched alkanes of at least 4 members (excludes halogenated alkanes) is 27. The van der Waals surface area contributed by atoms with Gasteiger partial charge >= 0.3 is 0 Å². The molecule has 65 heavy (non-hydrogen) atoms. The van der Waals surface area contributed by atoms with Crippen molar-refractivity contribution in [3.05, 3.63) is 60.8 Å². The monoisotopic (exact) mass is 916 g/mol. The van der Waals surface area contributed by atoms with Crippen molar-refractivity contribution in [2.45, 2.75) is 275 Å².